The summed E-state index contributed by atoms with van der Waals surface area (Å²) in [5.41, 5.74) is 16.4. The van der Waals surface area contributed by atoms with Crippen molar-refractivity contribution in [3.63, 3.8) is 0 Å². The van der Waals surface area contributed by atoms with Crippen LogP contribution in [-0.4, -0.2) is 65.4 Å². The molecule has 2 fully saturated rings. The molecule has 8 aromatic rings. The maximum absolute atomic E-state index is 13.4. The zero-order valence-corrected chi connectivity index (χ0v) is 43.9. The molecule has 2 aliphatic heterocycles. The number of carboxylic acids is 1. The summed E-state index contributed by atoms with van der Waals surface area (Å²) in [6.45, 7) is 5.64. The molecule has 400 valence electrons. The third-order valence-electron chi connectivity index (χ3n) is 14.6. The molecule has 0 spiro atoms. The minimum Gasteiger partial charge on any atom is -0.478 e. The number of benzene rings is 6. The molecule has 12 rings (SSSR count). The summed E-state index contributed by atoms with van der Waals surface area (Å²) in [6, 6.07) is 49.0. The number of hydrogen-bond acceptors (Lipinski definition) is 11. The Balaban J connectivity index is 0.000000157. The summed E-state index contributed by atoms with van der Waals surface area (Å²) in [5, 5.41) is 18.3. The quantitative estimate of drug-likeness (QED) is 0.0649. The molecule has 15 nitrogen and oxygen atoms in total. The van der Waals surface area contributed by atoms with E-state index in [2.05, 4.69) is 25.9 Å². The van der Waals surface area contributed by atoms with E-state index in [-0.39, 0.29) is 36.9 Å². The zero-order chi connectivity index (χ0) is 54.9. The zero-order valence-electron chi connectivity index (χ0n) is 43.9. The summed E-state index contributed by atoms with van der Waals surface area (Å²) < 4.78 is 21.8. The second-order valence-corrected chi connectivity index (χ2v) is 19.9. The standard InChI is InChI=1S/C32H29N3O4.C25H21NO5.C7H10N2/c1-21-5-11-26(35-31(37)32(14-15-32)24-10-12-28-29(18-24)39-20-38-28)19-27(21)22-6-8-23(9-7-22)30(36)34-17-13-25-4-2-3-16-33-25;1-15-2-8-19(13-20(15)16-3-5-17(6-4-16)23(27)28)26-24(29)25(10-11-25)18-7-9-21-22(12-18)31-14-30-21;8-5-4-7-3-1-2-6-9-7/h2-12,16,18-19H,13-15,17,20H2,1H3,(H,34,36)(H,35,37);2-9,12-13H,10-11,14H2,1H3,(H,26,29)(H,27,28);1-3,6H,4-5,8H2. The first-order valence-electron chi connectivity index (χ1n) is 26.3. The molecule has 0 radical (unpaired) electrons. The van der Waals surface area contributed by atoms with Crippen molar-refractivity contribution in [2.45, 2.75) is 63.2 Å². The summed E-state index contributed by atoms with van der Waals surface area (Å²) in [6.07, 6.45) is 8.25. The Hall–Kier alpha value is -9.34. The lowest BCUT2D eigenvalue weighted by atomic mass is 9.94. The molecule has 0 unspecified atom stereocenters. The van der Waals surface area contributed by atoms with Crippen LogP contribution in [0.25, 0.3) is 22.3 Å². The van der Waals surface area contributed by atoms with Crippen LogP contribution >= 0.6 is 0 Å². The molecule has 6 N–H and O–H groups in total. The molecular weight excluding hydrogens is 997 g/mol. The van der Waals surface area contributed by atoms with Gasteiger partial charge < -0.3 is 45.7 Å². The second kappa shape index (κ2) is 23.5. The van der Waals surface area contributed by atoms with E-state index in [0.717, 1.165) is 93.7 Å². The highest BCUT2D eigenvalue weighted by Gasteiger charge is 2.52. The van der Waals surface area contributed by atoms with Gasteiger partial charge in [-0.15, -0.1) is 0 Å². The minimum absolute atomic E-state index is 0.0195. The number of nitrogens with two attached hydrogens (primary N) is 1. The lowest BCUT2D eigenvalue weighted by Gasteiger charge is -2.17. The van der Waals surface area contributed by atoms with E-state index >= 15 is 0 Å². The van der Waals surface area contributed by atoms with E-state index in [4.69, 9.17) is 29.8 Å². The monoisotopic (exact) mass is 1060 g/mol. The fourth-order valence-electron chi connectivity index (χ4n) is 9.69. The number of rotatable bonds is 15. The molecule has 6 aromatic carbocycles. The van der Waals surface area contributed by atoms with Gasteiger partial charge in [0.15, 0.2) is 23.0 Å². The SMILES string of the molecule is Cc1ccc(NC(=O)C2(c3ccc4c(c3)OCO4)CC2)cc1-c1ccc(C(=O)NCCc2ccccn2)cc1.Cc1ccc(NC(=O)C2(c3ccc4c(c3)OCO4)CC2)cc1-c1ccc(C(=O)O)cc1.NCCc1ccccn1. The Morgan fingerprint density at radius 2 is 0.987 bits per heavy atom. The van der Waals surface area contributed by atoms with Crippen LogP contribution in [0.5, 0.6) is 23.0 Å². The van der Waals surface area contributed by atoms with Crippen LogP contribution in [-0.2, 0) is 33.3 Å². The summed E-state index contributed by atoms with van der Waals surface area (Å²) >= 11 is 0. The maximum Gasteiger partial charge on any atom is 0.335 e. The number of anilines is 2. The number of carbonyl (C=O) groups is 4. The van der Waals surface area contributed by atoms with Crippen LogP contribution in [0.4, 0.5) is 11.4 Å². The van der Waals surface area contributed by atoms with E-state index in [1.54, 1.807) is 36.7 Å². The highest BCUT2D eigenvalue weighted by atomic mass is 16.7. The van der Waals surface area contributed by atoms with E-state index in [9.17, 15) is 19.2 Å². The summed E-state index contributed by atoms with van der Waals surface area (Å²) in [5.74, 6) is 1.66. The number of nitrogens with zero attached hydrogens (tertiary/aromatic N) is 2. The smallest absolute Gasteiger partial charge is 0.335 e. The Kier molecular flexibility index (Phi) is 15.8. The van der Waals surface area contributed by atoms with Gasteiger partial charge in [-0.1, -0.05) is 60.7 Å². The normalized spacial score (nSPS) is 14.3. The maximum atomic E-state index is 13.4. The number of aryl methyl sites for hydroxylation is 2. The van der Waals surface area contributed by atoms with Crippen LogP contribution in [0, 0.1) is 13.8 Å². The molecule has 2 aliphatic carbocycles. The molecule has 0 saturated heterocycles. The Labute approximate surface area is 458 Å². The van der Waals surface area contributed by atoms with Gasteiger partial charge in [-0.2, -0.15) is 0 Å². The van der Waals surface area contributed by atoms with Crippen molar-refractivity contribution < 1.29 is 43.2 Å². The molecule has 0 bridgehead atoms. The lowest BCUT2D eigenvalue weighted by Crippen LogP contribution is -2.27. The van der Waals surface area contributed by atoms with E-state index < -0.39 is 16.8 Å². The van der Waals surface area contributed by atoms with Crippen molar-refractivity contribution in [1.82, 2.24) is 15.3 Å². The molecule has 3 amide bonds. The lowest BCUT2D eigenvalue weighted by molar-refractivity contribution is -0.119. The molecule has 4 aliphatic rings. The highest BCUT2D eigenvalue weighted by Crippen LogP contribution is 2.52. The number of hydrogen-bond donors (Lipinski definition) is 5. The molecule has 2 aromatic heterocycles. The van der Waals surface area contributed by atoms with Gasteiger partial charge in [0.25, 0.3) is 5.91 Å². The molecule has 15 heteroatoms. The van der Waals surface area contributed by atoms with Gasteiger partial charge in [-0.25, -0.2) is 4.79 Å². The van der Waals surface area contributed by atoms with E-state index in [0.29, 0.717) is 53.8 Å². The number of pyridine rings is 2. The molecule has 0 atom stereocenters. The number of amides is 3. The van der Waals surface area contributed by atoms with Crippen molar-refractivity contribution >= 4 is 35.1 Å². The average molecular weight is 1060 g/mol. The van der Waals surface area contributed by atoms with E-state index in [1.165, 1.54) is 0 Å². The average Bonchev–Trinajstić information content (AvgIpc) is 4.57. The second-order valence-electron chi connectivity index (χ2n) is 19.9. The predicted molar refractivity (Wildman–Crippen MR) is 302 cm³/mol. The first-order valence-corrected chi connectivity index (χ1v) is 26.3. The minimum atomic E-state index is -0.956. The third kappa shape index (κ3) is 12.3. The first-order chi connectivity index (χ1) is 38.4. The largest absolute Gasteiger partial charge is 0.478 e. The van der Waals surface area contributed by atoms with Crippen molar-refractivity contribution in [3.8, 4) is 45.3 Å². The van der Waals surface area contributed by atoms with Crippen LogP contribution in [0.1, 0.15) is 80.0 Å². The van der Waals surface area contributed by atoms with Crippen LogP contribution in [0.15, 0.2) is 170 Å². The Morgan fingerprint density at radius 1 is 0.532 bits per heavy atom. The number of carbonyl (C=O) groups excluding carboxylic acids is 3. The fourth-order valence-corrected chi connectivity index (χ4v) is 9.69. The van der Waals surface area contributed by atoms with Crippen molar-refractivity contribution in [3.05, 3.63) is 215 Å². The van der Waals surface area contributed by atoms with E-state index in [1.807, 2.05) is 147 Å². The number of aromatic carboxylic acids is 1. The van der Waals surface area contributed by atoms with Crippen molar-refractivity contribution in [1.29, 1.82) is 0 Å². The van der Waals surface area contributed by atoms with Gasteiger partial charge in [0.05, 0.1) is 16.4 Å². The fraction of sp³-hybridized carbons (Fsp3) is 0.219. The number of aromatic nitrogens is 2. The highest BCUT2D eigenvalue weighted by molar-refractivity contribution is 6.03. The number of fused-ring (bicyclic) bond motifs is 2. The van der Waals surface area contributed by atoms with Gasteiger partial charge in [0, 0.05) is 60.1 Å². The third-order valence-corrected chi connectivity index (χ3v) is 14.6. The molecule has 4 heterocycles. The van der Waals surface area contributed by atoms with Crippen LogP contribution in [0.3, 0.4) is 0 Å². The molecular formula is C64H60N6O9. The van der Waals surface area contributed by atoms with Gasteiger partial charge >= 0.3 is 5.97 Å². The molecule has 2 saturated carbocycles. The van der Waals surface area contributed by atoms with Crippen LogP contribution in [0.2, 0.25) is 0 Å². The summed E-state index contributed by atoms with van der Waals surface area (Å²) in [4.78, 5) is 58.7. The van der Waals surface area contributed by atoms with Crippen molar-refractivity contribution in [2.75, 3.05) is 37.3 Å². The Bertz CT molecular complexity index is 3510. The Morgan fingerprint density at radius 3 is 1.42 bits per heavy atom. The van der Waals surface area contributed by atoms with Gasteiger partial charge in [-0.05, 0) is 188 Å². The topological polar surface area (TPSA) is 213 Å². The van der Waals surface area contributed by atoms with Gasteiger partial charge in [-0.3, -0.25) is 24.4 Å². The number of ether oxygens (including phenoxy) is 4. The number of nitrogens with one attached hydrogen (secondary N) is 3. The number of carboxylic acid groups (broad SMARTS) is 1. The van der Waals surface area contributed by atoms with Crippen molar-refractivity contribution in [2.24, 2.45) is 5.73 Å². The van der Waals surface area contributed by atoms with Gasteiger partial charge in [0.1, 0.15) is 0 Å². The molecule has 79 heavy (non-hydrogen) atoms. The predicted octanol–water partition coefficient (Wildman–Crippen LogP) is 10.8. The summed E-state index contributed by atoms with van der Waals surface area (Å²) in [7, 11) is 0. The first kappa shape index (κ1) is 53.1. The van der Waals surface area contributed by atoms with Gasteiger partial charge in [0.2, 0.25) is 25.4 Å². The van der Waals surface area contributed by atoms with Crippen LogP contribution < -0.4 is 40.6 Å².